The normalized spacial score (nSPS) is 26.8. The van der Waals surface area contributed by atoms with Crippen LogP contribution >= 0.6 is 0 Å². The molecule has 5 heteroatoms. The number of aliphatic hydroxyl groups excluding tert-OH is 1. The summed E-state index contributed by atoms with van der Waals surface area (Å²) in [5, 5.41) is 11.6. The van der Waals surface area contributed by atoms with Gasteiger partial charge in [0.15, 0.2) is 0 Å². The van der Waals surface area contributed by atoms with Crippen LogP contribution in [-0.4, -0.2) is 35.5 Å². The number of carbonyl (C=O) groups is 1. The maximum atomic E-state index is 11.4. The molecule has 1 aliphatic carbocycles. The fraction of sp³-hybridized carbons (Fsp3) is 0.909. The van der Waals surface area contributed by atoms with Crippen molar-refractivity contribution in [2.24, 2.45) is 11.7 Å². The highest BCUT2D eigenvalue weighted by Gasteiger charge is 2.34. The monoisotopic (exact) mass is 230 g/mol. The number of hydrogen-bond acceptors (Lipinski definition) is 4. The van der Waals surface area contributed by atoms with Gasteiger partial charge in [-0.25, -0.2) is 4.79 Å². The van der Waals surface area contributed by atoms with E-state index >= 15 is 0 Å². The first-order valence-electron chi connectivity index (χ1n) is 5.68. The second-order valence-electron chi connectivity index (χ2n) is 5.42. The first-order chi connectivity index (χ1) is 7.31. The van der Waals surface area contributed by atoms with Crippen LogP contribution in [0.2, 0.25) is 0 Å². The van der Waals surface area contributed by atoms with Gasteiger partial charge in [-0.15, -0.1) is 0 Å². The zero-order valence-electron chi connectivity index (χ0n) is 10.2. The Morgan fingerprint density at radius 1 is 1.56 bits per heavy atom. The predicted molar refractivity (Wildman–Crippen MR) is 60.9 cm³/mol. The molecule has 1 atom stereocenters. The van der Waals surface area contributed by atoms with E-state index in [1.165, 1.54) is 0 Å². The van der Waals surface area contributed by atoms with Gasteiger partial charge in [0.2, 0.25) is 0 Å². The molecule has 4 N–H and O–H groups in total. The Kier molecular flexibility index (Phi) is 4.15. The summed E-state index contributed by atoms with van der Waals surface area (Å²) >= 11 is 0. The molecule has 16 heavy (non-hydrogen) atoms. The minimum absolute atomic E-state index is 0.00379. The molecule has 1 saturated carbocycles. The molecule has 1 aliphatic rings. The average molecular weight is 230 g/mol. The van der Waals surface area contributed by atoms with Gasteiger partial charge in [-0.3, -0.25) is 0 Å². The van der Waals surface area contributed by atoms with Crippen LogP contribution in [-0.2, 0) is 4.74 Å². The van der Waals surface area contributed by atoms with Gasteiger partial charge >= 0.3 is 6.09 Å². The van der Waals surface area contributed by atoms with E-state index in [2.05, 4.69) is 5.32 Å². The summed E-state index contributed by atoms with van der Waals surface area (Å²) in [5.41, 5.74) is 5.22. The molecule has 0 radical (unpaired) electrons. The lowest BCUT2D eigenvalue weighted by atomic mass is 9.76. The molecular weight excluding hydrogens is 208 g/mol. The molecule has 0 spiro atoms. The average Bonchev–Trinajstić information content (AvgIpc) is 2.06. The van der Waals surface area contributed by atoms with Gasteiger partial charge < -0.3 is 20.9 Å². The molecule has 0 aromatic heterocycles. The fourth-order valence-corrected chi connectivity index (χ4v) is 1.75. The van der Waals surface area contributed by atoms with Crippen molar-refractivity contribution >= 4 is 6.09 Å². The van der Waals surface area contributed by atoms with Gasteiger partial charge in [0.1, 0.15) is 5.60 Å². The Morgan fingerprint density at radius 3 is 2.56 bits per heavy atom. The summed E-state index contributed by atoms with van der Waals surface area (Å²) in [6, 6.07) is -0.0332. The van der Waals surface area contributed by atoms with Crippen molar-refractivity contribution in [3.05, 3.63) is 0 Å². The van der Waals surface area contributed by atoms with Gasteiger partial charge in [0, 0.05) is 12.1 Å². The van der Waals surface area contributed by atoms with Gasteiger partial charge in [0.05, 0.1) is 6.61 Å². The van der Waals surface area contributed by atoms with Crippen molar-refractivity contribution < 1.29 is 14.6 Å². The van der Waals surface area contributed by atoms with E-state index in [1.54, 1.807) is 0 Å². The fourth-order valence-electron chi connectivity index (χ4n) is 1.75. The quantitative estimate of drug-likeness (QED) is 0.663. The van der Waals surface area contributed by atoms with Crippen molar-refractivity contribution in [1.82, 2.24) is 5.32 Å². The van der Waals surface area contributed by atoms with Crippen LogP contribution in [0.1, 0.15) is 33.6 Å². The van der Waals surface area contributed by atoms with E-state index in [0.29, 0.717) is 5.92 Å². The van der Waals surface area contributed by atoms with E-state index in [4.69, 9.17) is 15.6 Å². The number of rotatable bonds is 3. The van der Waals surface area contributed by atoms with Crippen LogP contribution in [0.3, 0.4) is 0 Å². The minimum atomic E-state index is -0.464. The van der Waals surface area contributed by atoms with Crippen LogP contribution in [0.25, 0.3) is 0 Å². The van der Waals surface area contributed by atoms with Crippen LogP contribution < -0.4 is 11.1 Å². The Balaban J connectivity index is 2.20. The van der Waals surface area contributed by atoms with Crippen LogP contribution in [0.5, 0.6) is 0 Å². The van der Waals surface area contributed by atoms with Crippen molar-refractivity contribution in [2.45, 2.75) is 51.3 Å². The van der Waals surface area contributed by atoms with E-state index < -0.39 is 5.60 Å². The second-order valence-corrected chi connectivity index (χ2v) is 5.42. The van der Waals surface area contributed by atoms with Crippen LogP contribution in [0.15, 0.2) is 0 Å². The first kappa shape index (κ1) is 13.3. The molecule has 0 aromatic carbocycles. The van der Waals surface area contributed by atoms with Crippen LogP contribution in [0, 0.1) is 5.92 Å². The molecule has 0 heterocycles. The highest BCUT2D eigenvalue weighted by molar-refractivity contribution is 5.68. The number of hydrogen-bond donors (Lipinski definition) is 3. The number of nitrogens with one attached hydrogen (secondary N) is 1. The molecule has 1 rings (SSSR count). The number of amides is 1. The van der Waals surface area contributed by atoms with Crippen molar-refractivity contribution in [1.29, 1.82) is 0 Å². The summed E-state index contributed by atoms with van der Waals surface area (Å²) in [6.07, 6.45) is 1.26. The molecule has 94 valence electrons. The Hall–Kier alpha value is -0.810. The maximum absolute atomic E-state index is 11.4. The Labute approximate surface area is 96.3 Å². The maximum Gasteiger partial charge on any atom is 0.407 e. The third kappa shape index (κ3) is 3.98. The predicted octanol–water partition coefficient (Wildman–Crippen LogP) is 0.609. The lowest BCUT2D eigenvalue weighted by molar-refractivity contribution is 0.0430. The molecule has 5 nitrogen and oxygen atoms in total. The Bertz CT molecular complexity index is 244. The van der Waals surface area contributed by atoms with Crippen molar-refractivity contribution in [3.8, 4) is 0 Å². The number of alkyl carbamates (subject to hydrolysis) is 1. The summed E-state index contributed by atoms with van der Waals surface area (Å²) in [4.78, 5) is 11.4. The topological polar surface area (TPSA) is 84.6 Å². The third-order valence-electron chi connectivity index (χ3n) is 2.71. The van der Waals surface area contributed by atoms with E-state index in [1.807, 2.05) is 20.8 Å². The molecular formula is C11H22N2O3. The molecule has 0 saturated heterocycles. The summed E-state index contributed by atoms with van der Waals surface area (Å²) in [5.74, 6) is 0.310. The number of ether oxygens (including phenoxy) is 1. The van der Waals surface area contributed by atoms with E-state index in [-0.39, 0.29) is 24.8 Å². The number of carbonyl (C=O) groups excluding carboxylic acids is 1. The molecule has 0 aromatic rings. The van der Waals surface area contributed by atoms with Gasteiger partial charge in [-0.1, -0.05) is 0 Å². The van der Waals surface area contributed by atoms with Crippen molar-refractivity contribution in [2.75, 3.05) is 6.61 Å². The Morgan fingerprint density at radius 2 is 2.12 bits per heavy atom. The number of nitrogens with two attached hydrogens (primary N) is 1. The minimum Gasteiger partial charge on any atom is -0.444 e. The molecule has 1 amide bonds. The van der Waals surface area contributed by atoms with Gasteiger partial charge in [-0.2, -0.15) is 0 Å². The van der Waals surface area contributed by atoms with Crippen LogP contribution in [0.4, 0.5) is 4.79 Å². The molecule has 1 fully saturated rings. The largest absolute Gasteiger partial charge is 0.444 e. The standard InChI is InChI=1S/C11H22N2O3/c1-11(2,3)16-10(15)13-8-4-7(5-8)9(12)6-14/h7-9,14H,4-6,12H2,1-3H3,(H,13,15)/t7-,8+,9-/m0/s1. The summed E-state index contributed by atoms with van der Waals surface area (Å²) in [6.45, 7) is 5.50. The highest BCUT2D eigenvalue weighted by Crippen LogP contribution is 2.29. The molecule has 0 unspecified atom stereocenters. The molecule has 0 aliphatic heterocycles. The van der Waals surface area contributed by atoms with E-state index in [0.717, 1.165) is 12.8 Å². The lowest BCUT2D eigenvalue weighted by Gasteiger charge is -2.38. The third-order valence-corrected chi connectivity index (χ3v) is 2.71. The zero-order chi connectivity index (χ0) is 12.3. The molecule has 0 bridgehead atoms. The SMILES string of the molecule is CC(C)(C)OC(=O)N[C@H]1C[C@@H]([C@@H](N)CO)C1. The smallest absolute Gasteiger partial charge is 0.407 e. The van der Waals surface area contributed by atoms with E-state index in [9.17, 15) is 4.79 Å². The van der Waals surface area contributed by atoms with Gasteiger partial charge in [0.25, 0.3) is 0 Å². The number of aliphatic hydroxyl groups is 1. The summed E-state index contributed by atoms with van der Waals surface area (Å²) in [7, 11) is 0. The first-order valence-corrected chi connectivity index (χ1v) is 5.68. The summed E-state index contributed by atoms with van der Waals surface area (Å²) < 4.78 is 5.14. The lowest BCUT2D eigenvalue weighted by Crippen LogP contribution is -2.51. The van der Waals surface area contributed by atoms with Gasteiger partial charge in [-0.05, 0) is 39.5 Å². The zero-order valence-corrected chi connectivity index (χ0v) is 10.2. The second kappa shape index (κ2) is 5.01. The highest BCUT2D eigenvalue weighted by atomic mass is 16.6. The van der Waals surface area contributed by atoms with Crippen molar-refractivity contribution in [3.63, 3.8) is 0 Å².